The molecular formula is C19H20ClN4O3S+. The Kier molecular flexibility index (Phi) is 5.20. The first-order valence-corrected chi connectivity index (χ1v) is 10.8. The van der Waals surface area contributed by atoms with Crippen LogP contribution >= 0.6 is 11.6 Å². The highest BCUT2D eigenvalue weighted by molar-refractivity contribution is 7.89. The number of halogens is 1. The van der Waals surface area contributed by atoms with Gasteiger partial charge < -0.3 is 4.90 Å². The molecule has 1 aliphatic rings. The third-order valence-corrected chi connectivity index (χ3v) is 7.18. The molecule has 0 saturated carbocycles. The Hall–Kier alpha value is -2.26. The maximum Gasteiger partial charge on any atom is 0.243 e. The molecule has 2 heterocycles. The minimum absolute atomic E-state index is 0.0965. The number of nitrogens with zero attached hydrogens (tertiary/aromatic N) is 3. The number of hydrogen-bond acceptors (Lipinski definition) is 4. The Balaban J connectivity index is 1.47. The molecule has 1 aromatic heterocycles. The molecule has 0 atom stereocenters. The molecule has 0 bridgehead atoms. The molecular weight excluding hydrogens is 400 g/mol. The van der Waals surface area contributed by atoms with Crippen molar-refractivity contribution >= 4 is 32.5 Å². The minimum atomic E-state index is -3.52. The molecule has 4 rings (SSSR count). The summed E-state index contributed by atoms with van der Waals surface area (Å²) >= 11 is 5.86. The molecule has 0 amide bonds. The lowest BCUT2D eigenvalue weighted by Gasteiger charge is -2.31. The van der Waals surface area contributed by atoms with Gasteiger partial charge in [-0.05, 0) is 36.4 Å². The zero-order valence-electron chi connectivity index (χ0n) is 15.1. The number of sulfonamides is 1. The number of nitrogens with one attached hydrogen (secondary N) is 1. The number of fused-ring (bicyclic) bond motifs is 1. The first-order chi connectivity index (χ1) is 13.4. The predicted molar refractivity (Wildman–Crippen MR) is 107 cm³/mol. The molecule has 1 fully saturated rings. The van der Waals surface area contributed by atoms with Crippen LogP contribution < -0.4 is 10.3 Å². The summed E-state index contributed by atoms with van der Waals surface area (Å²) < 4.78 is 28.9. The van der Waals surface area contributed by atoms with Gasteiger partial charge in [-0.1, -0.05) is 23.7 Å². The topological polar surface area (TPSA) is 76.7 Å². The van der Waals surface area contributed by atoms with Crippen molar-refractivity contribution in [2.75, 3.05) is 26.2 Å². The van der Waals surface area contributed by atoms with Crippen LogP contribution in [0.3, 0.4) is 0 Å². The lowest BCUT2D eigenvalue weighted by Crippen LogP contribution is -3.14. The van der Waals surface area contributed by atoms with Crippen molar-refractivity contribution in [3.8, 4) is 0 Å². The first kappa shape index (κ1) is 19.1. The summed E-state index contributed by atoms with van der Waals surface area (Å²) in [4.78, 5) is 13.4. The Bertz CT molecular complexity index is 1150. The van der Waals surface area contributed by atoms with Crippen molar-refractivity contribution in [3.63, 3.8) is 0 Å². The van der Waals surface area contributed by atoms with Gasteiger partial charge in [0.05, 0.1) is 42.8 Å². The summed E-state index contributed by atoms with van der Waals surface area (Å²) in [6.07, 6.45) is 1.34. The van der Waals surface area contributed by atoms with Crippen molar-refractivity contribution in [3.05, 3.63) is 70.0 Å². The van der Waals surface area contributed by atoms with Crippen LogP contribution in [0, 0.1) is 0 Å². The van der Waals surface area contributed by atoms with E-state index in [4.69, 9.17) is 11.6 Å². The Morgan fingerprint density at radius 1 is 1.04 bits per heavy atom. The lowest BCUT2D eigenvalue weighted by molar-refractivity contribution is -0.926. The van der Waals surface area contributed by atoms with Crippen LogP contribution in [0.2, 0.25) is 5.02 Å². The summed E-state index contributed by atoms with van der Waals surface area (Å²) in [6.45, 7) is 2.76. The predicted octanol–water partition coefficient (Wildman–Crippen LogP) is 0.597. The smallest absolute Gasteiger partial charge is 0.243 e. The van der Waals surface area contributed by atoms with Crippen molar-refractivity contribution in [1.82, 2.24) is 14.1 Å². The Labute approximate surface area is 167 Å². The van der Waals surface area contributed by atoms with Crippen molar-refractivity contribution in [2.45, 2.75) is 11.6 Å². The van der Waals surface area contributed by atoms with Gasteiger partial charge in [-0.25, -0.2) is 13.1 Å². The second-order valence-corrected chi connectivity index (χ2v) is 9.17. The molecule has 0 radical (unpaired) electrons. The fraction of sp³-hybridized carbons (Fsp3) is 0.263. The molecule has 28 heavy (non-hydrogen) atoms. The summed E-state index contributed by atoms with van der Waals surface area (Å²) in [6, 6.07) is 13.6. The highest BCUT2D eigenvalue weighted by atomic mass is 35.5. The maximum absolute atomic E-state index is 12.8. The van der Waals surface area contributed by atoms with Gasteiger partial charge in [0.25, 0.3) is 0 Å². The molecule has 146 valence electrons. The van der Waals surface area contributed by atoms with Gasteiger partial charge >= 0.3 is 0 Å². The average Bonchev–Trinajstić information content (AvgIpc) is 2.71. The van der Waals surface area contributed by atoms with E-state index in [1.807, 2.05) is 22.9 Å². The van der Waals surface area contributed by atoms with E-state index in [-0.39, 0.29) is 10.3 Å². The molecule has 7 nitrogen and oxygen atoms in total. The highest BCUT2D eigenvalue weighted by Gasteiger charge is 2.30. The van der Waals surface area contributed by atoms with E-state index in [0.29, 0.717) is 43.3 Å². The van der Waals surface area contributed by atoms with Crippen LogP contribution in [0.4, 0.5) is 0 Å². The Morgan fingerprint density at radius 2 is 1.71 bits per heavy atom. The zero-order chi connectivity index (χ0) is 19.7. The van der Waals surface area contributed by atoms with E-state index in [1.165, 1.54) is 27.5 Å². The molecule has 1 saturated heterocycles. The normalized spacial score (nSPS) is 16.5. The van der Waals surface area contributed by atoms with Crippen LogP contribution in [-0.4, -0.2) is 48.7 Å². The van der Waals surface area contributed by atoms with Crippen LogP contribution in [0.5, 0.6) is 0 Å². The van der Waals surface area contributed by atoms with Gasteiger partial charge in [-0.2, -0.15) is 9.40 Å². The van der Waals surface area contributed by atoms with Gasteiger partial charge in [0, 0.05) is 10.4 Å². The monoisotopic (exact) mass is 419 g/mol. The third-order valence-electron chi connectivity index (χ3n) is 5.02. The van der Waals surface area contributed by atoms with Crippen molar-refractivity contribution in [2.24, 2.45) is 0 Å². The van der Waals surface area contributed by atoms with Crippen molar-refractivity contribution < 1.29 is 13.3 Å². The van der Waals surface area contributed by atoms with Gasteiger partial charge in [0.1, 0.15) is 0 Å². The zero-order valence-corrected chi connectivity index (χ0v) is 16.7. The summed E-state index contributed by atoms with van der Waals surface area (Å²) in [5.74, 6) is 0. The van der Waals surface area contributed by atoms with Gasteiger partial charge in [-0.3, -0.25) is 4.79 Å². The third kappa shape index (κ3) is 3.68. The van der Waals surface area contributed by atoms with Crippen molar-refractivity contribution in [1.29, 1.82) is 0 Å². The molecule has 9 heteroatoms. The molecule has 2 aromatic carbocycles. The minimum Gasteiger partial charge on any atom is -0.314 e. The standard InChI is InChI=1S/C19H19ClN4O3S/c20-15-5-7-16(8-6-15)28(26,27)23-11-9-22(10-12-23)14-24-18-4-2-1-3-17(18)19(25)13-21-24/h1-8,13H,9-12,14H2/p+1. The number of rotatable bonds is 4. The molecule has 3 aromatic rings. The first-order valence-electron chi connectivity index (χ1n) is 8.99. The molecule has 0 aliphatic carbocycles. The molecule has 1 aliphatic heterocycles. The number of piperazine rings is 1. The Morgan fingerprint density at radius 3 is 2.43 bits per heavy atom. The molecule has 1 N–H and O–H groups in total. The van der Waals surface area contributed by atoms with Crippen LogP contribution in [0.25, 0.3) is 10.9 Å². The highest BCUT2D eigenvalue weighted by Crippen LogP contribution is 2.18. The summed E-state index contributed by atoms with van der Waals surface area (Å²) in [7, 11) is -3.52. The van der Waals surface area contributed by atoms with E-state index in [0.717, 1.165) is 5.52 Å². The van der Waals surface area contributed by atoms with Crippen LogP contribution in [0.1, 0.15) is 0 Å². The van der Waals surface area contributed by atoms with E-state index in [1.54, 1.807) is 18.2 Å². The number of quaternary nitrogens is 1. The lowest BCUT2D eigenvalue weighted by atomic mass is 10.2. The van der Waals surface area contributed by atoms with Gasteiger partial charge in [-0.15, -0.1) is 0 Å². The summed E-state index contributed by atoms with van der Waals surface area (Å²) in [5, 5.41) is 5.41. The molecule has 0 spiro atoms. The van der Waals surface area contributed by atoms with Gasteiger partial charge in [0.15, 0.2) is 6.67 Å². The largest absolute Gasteiger partial charge is 0.314 e. The number of hydrogen-bond donors (Lipinski definition) is 1. The van der Waals surface area contributed by atoms with E-state index >= 15 is 0 Å². The van der Waals surface area contributed by atoms with Crippen LogP contribution in [-0.2, 0) is 16.7 Å². The fourth-order valence-corrected chi connectivity index (χ4v) is 5.02. The second kappa shape index (κ2) is 7.63. The van der Waals surface area contributed by atoms with E-state index in [9.17, 15) is 13.2 Å². The molecule has 0 unspecified atom stereocenters. The van der Waals surface area contributed by atoms with Crippen LogP contribution in [0.15, 0.2) is 64.4 Å². The SMILES string of the molecule is O=c1cnn(C[NH+]2CCN(S(=O)(=O)c3ccc(Cl)cc3)CC2)c2ccccc12. The second-order valence-electron chi connectivity index (χ2n) is 6.79. The number of aromatic nitrogens is 2. The maximum atomic E-state index is 12.8. The quantitative estimate of drug-likeness (QED) is 0.671. The number of benzene rings is 2. The fourth-order valence-electron chi connectivity index (χ4n) is 3.46. The van der Waals surface area contributed by atoms with E-state index < -0.39 is 10.0 Å². The van der Waals surface area contributed by atoms with Gasteiger partial charge in [0.2, 0.25) is 15.5 Å². The average molecular weight is 420 g/mol. The number of para-hydroxylation sites is 1. The van der Waals surface area contributed by atoms with E-state index in [2.05, 4.69) is 5.10 Å². The summed E-state index contributed by atoms with van der Waals surface area (Å²) in [5.41, 5.74) is 0.694.